The van der Waals surface area contributed by atoms with E-state index in [4.69, 9.17) is 4.74 Å². The van der Waals surface area contributed by atoms with Crippen molar-refractivity contribution in [1.29, 1.82) is 0 Å². The number of hydrogen-bond acceptors (Lipinski definition) is 3. The summed E-state index contributed by atoms with van der Waals surface area (Å²) in [7, 11) is 1.78. The molecule has 0 amide bonds. The van der Waals surface area contributed by atoms with E-state index in [1.54, 1.807) is 7.05 Å². The Morgan fingerprint density at radius 3 is 2.70 bits per heavy atom. The number of aryl methyl sites for hydroxylation is 1. The van der Waals surface area contributed by atoms with Crippen molar-refractivity contribution in [3.8, 4) is 5.75 Å². The highest BCUT2D eigenvalue weighted by Gasteiger charge is 2.03. The lowest BCUT2D eigenvalue weighted by Crippen LogP contribution is -2.37. The maximum Gasteiger partial charge on any atom is 0.191 e. The third-order valence-electron chi connectivity index (χ3n) is 4.37. The van der Waals surface area contributed by atoms with E-state index in [9.17, 15) is 0 Å². The van der Waals surface area contributed by atoms with Gasteiger partial charge in [0.05, 0.1) is 12.1 Å². The highest BCUT2D eigenvalue weighted by atomic mass is 16.5. The van der Waals surface area contributed by atoms with E-state index in [1.165, 1.54) is 5.56 Å². The fourth-order valence-corrected chi connectivity index (χ4v) is 2.89. The van der Waals surface area contributed by atoms with Crippen molar-refractivity contribution >= 4 is 16.9 Å². The number of rotatable bonds is 7. The minimum Gasteiger partial charge on any atom is -0.493 e. The van der Waals surface area contributed by atoms with Crippen molar-refractivity contribution in [3.05, 3.63) is 71.9 Å². The molecule has 2 aromatic carbocycles. The van der Waals surface area contributed by atoms with Gasteiger partial charge in [-0.05, 0) is 42.7 Å². The summed E-state index contributed by atoms with van der Waals surface area (Å²) in [5, 5.41) is 7.86. The lowest BCUT2D eigenvalue weighted by molar-refractivity contribution is 0.309. The predicted octanol–water partition coefficient (Wildman–Crippen LogP) is 3.68. The summed E-state index contributed by atoms with van der Waals surface area (Å²) in [6.07, 6.45) is 2.74. The molecule has 5 nitrogen and oxygen atoms in total. The van der Waals surface area contributed by atoms with Gasteiger partial charge in [-0.25, -0.2) is 0 Å². The minimum absolute atomic E-state index is 0.670. The van der Waals surface area contributed by atoms with Crippen molar-refractivity contribution in [2.75, 3.05) is 20.2 Å². The second kappa shape index (κ2) is 9.57. The first-order chi connectivity index (χ1) is 13.3. The highest BCUT2D eigenvalue weighted by molar-refractivity contribution is 5.83. The molecule has 0 radical (unpaired) electrons. The summed E-state index contributed by atoms with van der Waals surface area (Å²) < 4.78 is 5.82. The number of benzene rings is 2. The van der Waals surface area contributed by atoms with E-state index in [0.29, 0.717) is 13.2 Å². The molecule has 0 spiro atoms. The van der Waals surface area contributed by atoms with Crippen LogP contribution in [0.4, 0.5) is 0 Å². The zero-order valence-corrected chi connectivity index (χ0v) is 15.9. The molecule has 0 saturated heterocycles. The summed E-state index contributed by atoms with van der Waals surface area (Å²) in [6, 6.07) is 18.3. The molecule has 0 saturated carbocycles. The number of nitrogens with one attached hydrogen (secondary N) is 2. The lowest BCUT2D eigenvalue weighted by Gasteiger charge is -2.13. The van der Waals surface area contributed by atoms with E-state index < -0.39 is 0 Å². The number of guanidine groups is 1. The van der Waals surface area contributed by atoms with Crippen LogP contribution in [0.2, 0.25) is 0 Å². The average molecular weight is 362 g/mol. The Hall–Kier alpha value is -3.08. The summed E-state index contributed by atoms with van der Waals surface area (Å²) in [5.74, 6) is 1.73. The van der Waals surface area contributed by atoms with Gasteiger partial charge in [0.1, 0.15) is 5.75 Å². The number of para-hydroxylation sites is 2. The zero-order valence-electron chi connectivity index (χ0n) is 15.9. The Morgan fingerprint density at radius 2 is 1.85 bits per heavy atom. The first-order valence-corrected chi connectivity index (χ1v) is 9.23. The summed E-state index contributed by atoms with van der Waals surface area (Å²) in [5.41, 5.74) is 3.37. The molecule has 3 aromatic rings. The highest BCUT2D eigenvalue weighted by Crippen LogP contribution is 2.16. The summed E-state index contributed by atoms with van der Waals surface area (Å²) in [6.45, 7) is 4.22. The molecular weight excluding hydrogens is 336 g/mol. The number of ether oxygens (including phenoxy) is 1. The van der Waals surface area contributed by atoms with Gasteiger partial charge in [0.2, 0.25) is 0 Å². The third kappa shape index (κ3) is 5.20. The number of pyridine rings is 1. The van der Waals surface area contributed by atoms with E-state index >= 15 is 0 Å². The van der Waals surface area contributed by atoms with Crippen molar-refractivity contribution < 1.29 is 4.74 Å². The molecular formula is C22H26N4O. The van der Waals surface area contributed by atoms with E-state index in [-0.39, 0.29) is 0 Å². The van der Waals surface area contributed by atoms with Gasteiger partial charge >= 0.3 is 0 Å². The Morgan fingerprint density at radius 1 is 1.04 bits per heavy atom. The van der Waals surface area contributed by atoms with Crippen LogP contribution in [0.15, 0.2) is 65.8 Å². The first kappa shape index (κ1) is 18.7. The number of nitrogens with zero attached hydrogens (tertiary/aromatic N) is 2. The summed E-state index contributed by atoms with van der Waals surface area (Å²) >= 11 is 0. The topological polar surface area (TPSA) is 58.5 Å². The second-order valence-corrected chi connectivity index (χ2v) is 6.31. The van der Waals surface area contributed by atoms with Crippen molar-refractivity contribution in [2.45, 2.75) is 19.9 Å². The molecule has 0 bridgehead atoms. The third-order valence-corrected chi connectivity index (χ3v) is 4.37. The number of fused-ring (bicyclic) bond motifs is 1. The molecule has 2 N–H and O–H groups in total. The average Bonchev–Trinajstić information content (AvgIpc) is 2.71. The molecule has 27 heavy (non-hydrogen) atoms. The Balaban J connectivity index is 1.44. The molecule has 0 fully saturated rings. The quantitative estimate of drug-likeness (QED) is 0.382. The predicted molar refractivity (Wildman–Crippen MR) is 111 cm³/mol. The smallest absolute Gasteiger partial charge is 0.191 e. The van der Waals surface area contributed by atoms with Gasteiger partial charge in [-0.1, -0.05) is 36.4 Å². The standard InChI is InChI=1S/C22H26N4O/c1-17-8-3-6-11-21(17)27-15-7-13-25-22(23-2)26-16-18-12-14-24-20-10-5-4-9-19(18)20/h3-6,8-12,14H,7,13,15-16H2,1-2H3,(H2,23,25,26). The van der Waals surface area contributed by atoms with Crippen LogP contribution in [0.3, 0.4) is 0 Å². The normalized spacial score (nSPS) is 11.4. The second-order valence-electron chi connectivity index (χ2n) is 6.31. The van der Waals surface area contributed by atoms with Crippen LogP contribution >= 0.6 is 0 Å². The molecule has 0 unspecified atom stereocenters. The van der Waals surface area contributed by atoms with Crippen molar-refractivity contribution in [2.24, 2.45) is 4.99 Å². The van der Waals surface area contributed by atoms with Gasteiger partial charge in [-0.3, -0.25) is 9.98 Å². The molecule has 0 atom stereocenters. The molecule has 1 aromatic heterocycles. The van der Waals surface area contributed by atoms with Gasteiger partial charge in [0.25, 0.3) is 0 Å². The van der Waals surface area contributed by atoms with Gasteiger partial charge < -0.3 is 15.4 Å². The fraction of sp³-hybridized carbons (Fsp3) is 0.273. The molecule has 0 aliphatic carbocycles. The Labute approximate surface area is 160 Å². The molecule has 0 aliphatic heterocycles. The van der Waals surface area contributed by atoms with Gasteiger partial charge in [0.15, 0.2) is 5.96 Å². The molecule has 5 heteroatoms. The zero-order chi connectivity index (χ0) is 18.9. The maximum absolute atomic E-state index is 5.82. The first-order valence-electron chi connectivity index (χ1n) is 9.23. The molecule has 140 valence electrons. The van der Waals surface area contributed by atoms with Crippen molar-refractivity contribution in [1.82, 2.24) is 15.6 Å². The fourth-order valence-electron chi connectivity index (χ4n) is 2.89. The Bertz CT molecular complexity index is 902. The van der Waals surface area contributed by atoms with Gasteiger partial charge in [-0.2, -0.15) is 0 Å². The molecule has 0 aliphatic rings. The maximum atomic E-state index is 5.82. The van der Waals surface area contributed by atoms with E-state index in [1.807, 2.05) is 48.7 Å². The van der Waals surface area contributed by atoms with Gasteiger partial charge in [0, 0.05) is 31.7 Å². The molecule has 1 heterocycles. The van der Waals surface area contributed by atoms with E-state index in [2.05, 4.69) is 39.7 Å². The number of aromatic nitrogens is 1. The summed E-state index contributed by atoms with van der Waals surface area (Å²) in [4.78, 5) is 8.69. The van der Waals surface area contributed by atoms with Crippen molar-refractivity contribution in [3.63, 3.8) is 0 Å². The van der Waals surface area contributed by atoms with Crippen LogP contribution < -0.4 is 15.4 Å². The van der Waals surface area contributed by atoms with Crippen LogP contribution in [0, 0.1) is 6.92 Å². The van der Waals surface area contributed by atoms with Crippen LogP contribution in [-0.4, -0.2) is 31.1 Å². The largest absolute Gasteiger partial charge is 0.493 e. The number of aliphatic imine (C=N–C) groups is 1. The van der Waals surface area contributed by atoms with Gasteiger partial charge in [-0.15, -0.1) is 0 Å². The van der Waals surface area contributed by atoms with Crippen LogP contribution in [0.5, 0.6) is 5.75 Å². The van der Waals surface area contributed by atoms with Crippen LogP contribution in [0.1, 0.15) is 17.5 Å². The lowest BCUT2D eigenvalue weighted by atomic mass is 10.1. The van der Waals surface area contributed by atoms with Crippen LogP contribution in [-0.2, 0) is 6.54 Å². The SMILES string of the molecule is CN=C(NCCCOc1ccccc1C)NCc1ccnc2ccccc12. The Kier molecular flexibility index (Phi) is 6.63. The van der Waals surface area contributed by atoms with E-state index in [0.717, 1.165) is 41.1 Å². The minimum atomic E-state index is 0.670. The monoisotopic (exact) mass is 362 g/mol. The molecule has 3 rings (SSSR count). The number of hydrogen-bond donors (Lipinski definition) is 2. The van der Waals surface area contributed by atoms with Crippen LogP contribution in [0.25, 0.3) is 10.9 Å².